The van der Waals surface area contributed by atoms with Crippen LogP contribution in [0.5, 0.6) is 0 Å². The number of hydrogen-bond donors (Lipinski definition) is 3. The summed E-state index contributed by atoms with van der Waals surface area (Å²) in [6, 6.07) is 6.47. The lowest BCUT2D eigenvalue weighted by atomic mass is 9.49. The number of carbonyl (C=O) groups is 2. The highest BCUT2D eigenvalue weighted by Crippen LogP contribution is 2.60. The number of benzene rings is 1. The summed E-state index contributed by atoms with van der Waals surface area (Å²) in [7, 11) is -2.15. The van der Waals surface area contributed by atoms with Gasteiger partial charge in [0.25, 0.3) is 0 Å². The summed E-state index contributed by atoms with van der Waals surface area (Å²) in [4.78, 5) is 25.3. The van der Waals surface area contributed by atoms with Gasteiger partial charge in [0.2, 0.25) is 21.8 Å². The number of rotatable bonds is 8. The van der Waals surface area contributed by atoms with Crippen LogP contribution in [-0.2, 0) is 26.2 Å². The predicted molar refractivity (Wildman–Crippen MR) is 113 cm³/mol. The van der Waals surface area contributed by atoms with Crippen molar-refractivity contribution in [2.45, 2.75) is 56.4 Å². The minimum atomic E-state index is -3.51. The maximum atomic E-state index is 12.9. The Morgan fingerprint density at radius 2 is 1.67 bits per heavy atom. The highest BCUT2D eigenvalue weighted by molar-refractivity contribution is 7.89. The van der Waals surface area contributed by atoms with Crippen LogP contribution in [0, 0.1) is 23.2 Å². The molecule has 1 aromatic rings. The summed E-state index contributed by atoms with van der Waals surface area (Å²) >= 11 is 0. The van der Waals surface area contributed by atoms with Gasteiger partial charge in [-0.3, -0.25) is 9.59 Å². The Kier molecular flexibility index (Phi) is 5.90. The van der Waals surface area contributed by atoms with Gasteiger partial charge in [0.1, 0.15) is 0 Å². The van der Waals surface area contributed by atoms with Crippen molar-refractivity contribution in [1.29, 1.82) is 0 Å². The largest absolute Gasteiger partial charge is 0.355 e. The number of hydrogen-bond acceptors (Lipinski definition) is 4. The fraction of sp³-hybridized carbons (Fsp3) is 0.636. The third kappa shape index (κ3) is 4.39. The molecule has 4 aliphatic rings. The van der Waals surface area contributed by atoms with Crippen molar-refractivity contribution in [1.82, 2.24) is 15.4 Å². The van der Waals surface area contributed by atoms with E-state index in [-0.39, 0.29) is 35.1 Å². The molecule has 30 heavy (non-hydrogen) atoms. The third-order valence-electron chi connectivity index (χ3n) is 7.12. The summed E-state index contributed by atoms with van der Waals surface area (Å²) < 4.78 is 26.1. The van der Waals surface area contributed by atoms with E-state index in [4.69, 9.17) is 0 Å². The number of amides is 2. The van der Waals surface area contributed by atoms with E-state index in [0.717, 1.165) is 19.3 Å². The van der Waals surface area contributed by atoms with Crippen LogP contribution in [0.1, 0.15) is 50.5 Å². The molecule has 2 amide bonds. The third-order valence-corrected chi connectivity index (χ3v) is 8.54. The van der Waals surface area contributed by atoms with Crippen molar-refractivity contribution in [3.8, 4) is 0 Å². The predicted octanol–water partition coefficient (Wildman–Crippen LogP) is 1.93. The molecule has 4 saturated carbocycles. The smallest absolute Gasteiger partial charge is 0.240 e. The Bertz CT molecular complexity index is 893. The Hall–Kier alpha value is -1.93. The summed E-state index contributed by atoms with van der Waals surface area (Å²) in [6.45, 7) is 0.579. The molecule has 0 spiro atoms. The number of sulfonamides is 1. The first-order valence-electron chi connectivity index (χ1n) is 10.9. The minimum Gasteiger partial charge on any atom is -0.355 e. The highest BCUT2D eigenvalue weighted by Gasteiger charge is 2.54. The first-order valence-corrected chi connectivity index (χ1v) is 12.4. The molecule has 1 aromatic carbocycles. The Labute approximate surface area is 178 Å². The Morgan fingerprint density at radius 3 is 2.27 bits per heavy atom. The van der Waals surface area contributed by atoms with Crippen LogP contribution in [0.3, 0.4) is 0 Å². The maximum absolute atomic E-state index is 12.9. The quantitative estimate of drug-likeness (QED) is 0.583. The van der Waals surface area contributed by atoms with Crippen LogP contribution in [-0.4, -0.2) is 33.8 Å². The fourth-order valence-corrected chi connectivity index (χ4v) is 6.90. The van der Waals surface area contributed by atoms with E-state index in [2.05, 4.69) is 15.4 Å². The van der Waals surface area contributed by atoms with Crippen LogP contribution < -0.4 is 15.4 Å². The van der Waals surface area contributed by atoms with Gasteiger partial charge < -0.3 is 10.6 Å². The molecule has 8 heteroatoms. The molecule has 0 radical (unpaired) electrons. The molecule has 3 N–H and O–H groups in total. The van der Waals surface area contributed by atoms with E-state index in [1.54, 1.807) is 18.2 Å². The van der Waals surface area contributed by atoms with E-state index in [1.165, 1.54) is 32.4 Å². The lowest BCUT2D eigenvalue weighted by Gasteiger charge is -2.55. The topological polar surface area (TPSA) is 104 Å². The monoisotopic (exact) mass is 433 g/mol. The van der Waals surface area contributed by atoms with Gasteiger partial charge in [-0.15, -0.1) is 0 Å². The molecular formula is C22H31N3O4S. The van der Waals surface area contributed by atoms with Crippen molar-refractivity contribution in [2.24, 2.45) is 23.2 Å². The van der Waals surface area contributed by atoms with Gasteiger partial charge in [-0.2, -0.15) is 0 Å². The Morgan fingerprint density at radius 1 is 1.03 bits per heavy atom. The van der Waals surface area contributed by atoms with Crippen molar-refractivity contribution in [3.63, 3.8) is 0 Å². The van der Waals surface area contributed by atoms with Gasteiger partial charge in [0.15, 0.2) is 0 Å². The summed E-state index contributed by atoms with van der Waals surface area (Å²) in [6.07, 6.45) is 7.16. The van der Waals surface area contributed by atoms with Crippen molar-refractivity contribution in [2.75, 3.05) is 13.6 Å². The van der Waals surface area contributed by atoms with Crippen LogP contribution in [0.25, 0.3) is 0 Å². The standard InChI is InChI=1S/C22H31N3O4S/c1-23-30(28,29)19-4-2-3-15(10-19)14-25-20(26)5-6-24-21(27)22-11-16-7-17(12-22)9-18(8-16)13-22/h2-4,10,16-18,23H,5-9,11-14H2,1H3,(H,24,27)(H,25,26). The number of nitrogens with one attached hydrogen (secondary N) is 3. The fourth-order valence-electron chi connectivity index (χ4n) is 6.10. The molecule has 0 heterocycles. The van der Waals surface area contributed by atoms with E-state index in [9.17, 15) is 18.0 Å². The SMILES string of the molecule is CNS(=O)(=O)c1cccc(CNC(=O)CCNC(=O)C23CC4CC(CC(C4)C2)C3)c1. The van der Waals surface area contributed by atoms with Gasteiger partial charge >= 0.3 is 0 Å². The normalized spacial score (nSPS) is 29.6. The summed E-state index contributed by atoms with van der Waals surface area (Å²) in [5.74, 6) is 2.12. The van der Waals surface area contributed by atoms with Crippen LogP contribution in [0.4, 0.5) is 0 Å². The zero-order valence-corrected chi connectivity index (χ0v) is 18.3. The van der Waals surface area contributed by atoms with Gasteiger partial charge in [-0.05, 0) is 81.0 Å². The van der Waals surface area contributed by atoms with Crippen molar-refractivity contribution in [3.05, 3.63) is 29.8 Å². The molecule has 4 bridgehead atoms. The van der Waals surface area contributed by atoms with Gasteiger partial charge in [0, 0.05) is 24.9 Å². The van der Waals surface area contributed by atoms with E-state index in [1.807, 2.05) is 0 Å². The molecule has 0 unspecified atom stereocenters. The lowest BCUT2D eigenvalue weighted by Crippen LogP contribution is -2.53. The molecule has 0 aromatic heterocycles. The molecular weight excluding hydrogens is 402 g/mol. The lowest BCUT2D eigenvalue weighted by molar-refractivity contribution is -0.146. The number of carbonyl (C=O) groups excluding carboxylic acids is 2. The molecule has 164 valence electrons. The maximum Gasteiger partial charge on any atom is 0.240 e. The summed E-state index contributed by atoms with van der Waals surface area (Å²) in [5.41, 5.74) is 0.516. The zero-order chi connectivity index (χ0) is 21.4. The molecule has 0 saturated heterocycles. The van der Waals surface area contributed by atoms with E-state index < -0.39 is 10.0 Å². The first-order chi connectivity index (χ1) is 14.3. The second kappa shape index (κ2) is 8.30. The molecule has 0 aliphatic heterocycles. The minimum absolute atomic E-state index is 0.138. The molecule has 5 rings (SSSR count). The van der Waals surface area contributed by atoms with Gasteiger partial charge in [-0.25, -0.2) is 13.1 Å². The van der Waals surface area contributed by atoms with E-state index in [0.29, 0.717) is 29.9 Å². The van der Waals surface area contributed by atoms with Crippen molar-refractivity contribution >= 4 is 21.8 Å². The van der Waals surface area contributed by atoms with Crippen LogP contribution in [0.15, 0.2) is 29.2 Å². The van der Waals surface area contributed by atoms with Crippen molar-refractivity contribution < 1.29 is 18.0 Å². The van der Waals surface area contributed by atoms with Gasteiger partial charge in [0.05, 0.1) is 4.90 Å². The average molecular weight is 434 g/mol. The summed E-state index contributed by atoms with van der Waals surface area (Å²) in [5, 5.41) is 5.82. The van der Waals surface area contributed by atoms with Crippen LogP contribution in [0.2, 0.25) is 0 Å². The van der Waals surface area contributed by atoms with Crippen LogP contribution >= 0.6 is 0 Å². The van der Waals surface area contributed by atoms with E-state index >= 15 is 0 Å². The molecule has 0 atom stereocenters. The first kappa shape index (κ1) is 21.3. The second-order valence-corrected chi connectivity index (χ2v) is 11.2. The zero-order valence-electron chi connectivity index (χ0n) is 17.4. The highest BCUT2D eigenvalue weighted by atomic mass is 32.2. The molecule has 4 fully saturated rings. The average Bonchev–Trinajstić information content (AvgIpc) is 2.71. The van der Waals surface area contributed by atoms with Gasteiger partial charge in [-0.1, -0.05) is 12.1 Å². The Balaban J connectivity index is 1.23. The molecule has 7 nitrogen and oxygen atoms in total. The molecule has 4 aliphatic carbocycles. The second-order valence-electron chi connectivity index (χ2n) is 9.34.